The molecular formula is C16H18BrFN2S. The van der Waals surface area contributed by atoms with E-state index in [0.29, 0.717) is 10.5 Å². The van der Waals surface area contributed by atoms with Gasteiger partial charge in [0.25, 0.3) is 0 Å². The molecular weight excluding hydrogens is 351 g/mol. The Hall–Kier alpha value is -0.780. The van der Waals surface area contributed by atoms with Gasteiger partial charge in [0.15, 0.2) is 0 Å². The lowest BCUT2D eigenvalue weighted by Gasteiger charge is -2.22. The number of thiazole rings is 1. The number of fused-ring (bicyclic) bond motifs is 1. The van der Waals surface area contributed by atoms with Crippen molar-refractivity contribution in [1.82, 2.24) is 10.3 Å². The van der Waals surface area contributed by atoms with E-state index in [1.165, 1.54) is 29.5 Å². The van der Waals surface area contributed by atoms with Crippen LogP contribution in [0.3, 0.4) is 0 Å². The lowest BCUT2D eigenvalue weighted by Crippen LogP contribution is -2.24. The summed E-state index contributed by atoms with van der Waals surface area (Å²) < 4.78 is 13.9. The van der Waals surface area contributed by atoms with Gasteiger partial charge < -0.3 is 5.32 Å². The van der Waals surface area contributed by atoms with Gasteiger partial charge in [0.05, 0.1) is 10.2 Å². The summed E-state index contributed by atoms with van der Waals surface area (Å²) >= 11 is 5.00. The lowest BCUT2D eigenvalue weighted by atomic mass is 9.98. The van der Waals surface area contributed by atoms with Gasteiger partial charge in [-0.3, -0.25) is 0 Å². The average Bonchev–Trinajstić information content (AvgIpc) is 2.92. The highest BCUT2D eigenvalue weighted by atomic mass is 79.9. The van der Waals surface area contributed by atoms with Crippen molar-refractivity contribution in [1.29, 1.82) is 0 Å². The third-order valence-corrected chi connectivity index (χ3v) is 5.63. The Kier molecular flexibility index (Phi) is 4.72. The van der Waals surface area contributed by atoms with Gasteiger partial charge in [-0.25, -0.2) is 9.37 Å². The molecule has 0 saturated heterocycles. The van der Waals surface area contributed by atoms with Crippen LogP contribution in [0.4, 0.5) is 4.39 Å². The first-order chi connectivity index (χ1) is 10.2. The van der Waals surface area contributed by atoms with Crippen LogP contribution < -0.4 is 5.32 Å². The number of aromatic nitrogens is 1. The summed E-state index contributed by atoms with van der Waals surface area (Å²) in [6.07, 6.45) is 4.56. The average molecular weight is 369 g/mol. The maximum atomic E-state index is 13.4. The van der Waals surface area contributed by atoms with E-state index in [-0.39, 0.29) is 5.82 Å². The maximum absolute atomic E-state index is 13.4. The van der Waals surface area contributed by atoms with Crippen LogP contribution >= 0.6 is 27.3 Å². The first kappa shape index (κ1) is 15.1. The molecule has 1 heterocycles. The van der Waals surface area contributed by atoms with Crippen LogP contribution in [0.15, 0.2) is 22.7 Å². The predicted molar refractivity (Wildman–Crippen MR) is 89.2 cm³/mol. The molecule has 1 aromatic heterocycles. The van der Waals surface area contributed by atoms with Crippen LogP contribution in [0.25, 0.3) is 10.6 Å². The Bertz CT molecular complexity index is 641. The van der Waals surface area contributed by atoms with Crippen LogP contribution in [0.1, 0.15) is 42.8 Å². The van der Waals surface area contributed by atoms with Gasteiger partial charge in [0, 0.05) is 16.5 Å². The molecule has 1 N–H and O–H groups in total. The van der Waals surface area contributed by atoms with E-state index in [9.17, 15) is 4.39 Å². The highest BCUT2D eigenvalue weighted by Crippen LogP contribution is 2.38. The summed E-state index contributed by atoms with van der Waals surface area (Å²) in [5, 5.41) is 4.61. The van der Waals surface area contributed by atoms with E-state index in [1.54, 1.807) is 17.4 Å². The van der Waals surface area contributed by atoms with E-state index in [0.717, 1.165) is 30.0 Å². The minimum absolute atomic E-state index is 0.234. The number of rotatable bonds is 4. The van der Waals surface area contributed by atoms with Gasteiger partial charge in [-0.2, -0.15) is 0 Å². The zero-order valence-electron chi connectivity index (χ0n) is 12.0. The molecule has 1 atom stereocenters. The second-order valence-corrected chi connectivity index (χ2v) is 7.24. The molecule has 1 aliphatic rings. The van der Waals surface area contributed by atoms with E-state index in [2.05, 4.69) is 28.2 Å². The number of benzene rings is 1. The molecule has 1 aromatic carbocycles. The zero-order chi connectivity index (χ0) is 14.8. The SMILES string of the molecule is CCCNC1CCCc2nc(-c3ccc(F)c(Br)c3)sc21. The minimum atomic E-state index is -0.234. The van der Waals surface area contributed by atoms with Crippen molar-refractivity contribution in [2.45, 2.75) is 38.6 Å². The summed E-state index contributed by atoms with van der Waals surface area (Å²) in [5.41, 5.74) is 2.20. The maximum Gasteiger partial charge on any atom is 0.137 e. The summed E-state index contributed by atoms with van der Waals surface area (Å²) in [5.74, 6) is -0.234. The fourth-order valence-corrected chi connectivity index (χ4v) is 4.28. The molecule has 0 bridgehead atoms. The molecule has 1 unspecified atom stereocenters. The van der Waals surface area contributed by atoms with Crippen molar-refractivity contribution in [3.63, 3.8) is 0 Å². The smallest absolute Gasteiger partial charge is 0.137 e. The van der Waals surface area contributed by atoms with Gasteiger partial charge in [0.2, 0.25) is 0 Å². The van der Waals surface area contributed by atoms with Gasteiger partial charge in [-0.05, 0) is 66.4 Å². The lowest BCUT2D eigenvalue weighted by molar-refractivity contribution is 0.465. The summed E-state index contributed by atoms with van der Waals surface area (Å²) in [6, 6.07) is 5.54. The Morgan fingerprint density at radius 2 is 2.33 bits per heavy atom. The molecule has 3 rings (SSSR count). The van der Waals surface area contributed by atoms with Crippen LogP contribution in [0.2, 0.25) is 0 Å². The Balaban J connectivity index is 1.91. The Morgan fingerprint density at radius 3 is 3.10 bits per heavy atom. The van der Waals surface area contributed by atoms with E-state index in [4.69, 9.17) is 4.98 Å². The molecule has 0 amide bonds. The fraction of sp³-hybridized carbons (Fsp3) is 0.438. The highest BCUT2D eigenvalue weighted by Gasteiger charge is 2.24. The van der Waals surface area contributed by atoms with Gasteiger partial charge in [-0.15, -0.1) is 11.3 Å². The molecule has 0 spiro atoms. The molecule has 5 heteroatoms. The van der Waals surface area contributed by atoms with Crippen molar-refractivity contribution >= 4 is 27.3 Å². The predicted octanol–water partition coefficient (Wildman–Crippen LogP) is 5.09. The quantitative estimate of drug-likeness (QED) is 0.812. The van der Waals surface area contributed by atoms with Gasteiger partial charge in [-0.1, -0.05) is 6.92 Å². The third kappa shape index (κ3) is 3.20. The van der Waals surface area contributed by atoms with Crippen molar-refractivity contribution in [2.24, 2.45) is 0 Å². The molecule has 0 radical (unpaired) electrons. The van der Waals surface area contributed by atoms with Crippen LogP contribution in [-0.4, -0.2) is 11.5 Å². The summed E-state index contributed by atoms with van der Waals surface area (Å²) in [6.45, 7) is 3.23. The number of halogens is 2. The summed E-state index contributed by atoms with van der Waals surface area (Å²) in [4.78, 5) is 6.15. The van der Waals surface area contributed by atoms with E-state index >= 15 is 0 Å². The standard InChI is InChI=1S/C16H18BrFN2S/c1-2-8-19-13-4-3-5-14-15(13)21-16(20-14)10-6-7-12(18)11(17)9-10/h6-7,9,13,19H,2-5,8H2,1H3. The topological polar surface area (TPSA) is 24.9 Å². The first-order valence-electron chi connectivity index (χ1n) is 7.37. The molecule has 21 heavy (non-hydrogen) atoms. The van der Waals surface area contributed by atoms with Crippen LogP contribution in [-0.2, 0) is 6.42 Å². The molecule has 2 aromatic rings. The molecule has 2 nitrogen and oxygen atoms in total. The third-order valence-electron chi connectivity index (χ3n) is 3.76. The first-order valence-corrected chi connectivity index (χ1v) is 8.98. The molecule has 0 saturated carbocycles. The number of hydrogen-bond donors (Lipinski definition) is 1. The number of hydrogen-bond acceptors (Lipinski definition) is 3. The second-order valence-electron chi connectivity index (χ2n) is 5.36. The fourth-order valence-electron chi connectivity index (χ4n) is 2.69. The van der Waals surface area contributed by atoms with Crippen molar-refractivity contribution in [3.05, 3.63) is 39.1 Å². The van der Waals surface area contributed by atoms with Gasteiger partial charge >= 0.3 is 0 Å². The van der Waals surface area contributed by atoms with Crippen molar-refractivity contribution in [3.8, 4) is 10.6 Å². The Morgan fingerprint density at radius 1 is 1.48 bits per heavy atom. The largest absolute Gasteiger partial charge is 0.309 e. The monoisotopic (exact) mass is 368 g/mol. The number of nitrogens with zero attached hydrogens (tertiary/aromatic N) is 1. The van der Waals surface area contributed by atoms with Gasteiger partial charge in [0.1, 0.15) is 10.8 Å². The van der Waals surface area contributed by atoms with Crippen molar-refractivity contribution < 1.29 is 4.39 Å². The molecule has 112 valence electrons. The zero-order valence-corrected chi connectivity index (χ0v) is 14.4. The second kappa shape index (κ2) is 6.55. The van der Waals surface area contributed by atoms with Crippen molar-refractivity contribution in [2.75, 3.05) is 6.54 Å². The van der Waals surface area contributed by atoms with Crippen LogP contribution in [0, 0.1) is 5.82 Å². The van der Waals surface area contributed by atoms with E-state index in [1.807, 2.05) is 6.07 Å². The summed E-state index contributed by atoms with van der Waals surface area (Å²) in [7, 11) is 0. The molecule has 0 fully saturated rings. The number of nitrogens with one attached hydrogen (secondary N) is 1. The Labute approximate surface area is 136 Å². The minimum Gasteiger partial charge on any atom is -0.309 e. The normalized spacial score (nSPS) is 17.8. The van der Waals surface area contributed by atoms with E-state index < -0.39 is 0 Å². The highest BCUT2D eigenvalue weighted by molar-refractivity contribution is 9.10. The van der Waals surface area contributed by atoms with Crippen LogP contribution in [0.5, 0.6) is 0 Å². The molecule has 1 aliphatic carbocycles. The molecule has 0 aliphatic heterocycles. The number of aryl methyl sites for hydroxylation is 1.